The SMILES string of the molecule is Cn1cc(Nc2nc(N[C@@H]3CCCNCC3)c3c(Cl)c[nH]c3n2)cn1. The van der Waals surface area contributed by atoms with Crippen LogP contribution in [0.5, 0.6) is 0 Å². The van der Waals surface area contributed by atoms with Gasteiger partial charge in [0, 0.05) is 25.5 Å². The minimum absolute atomic E-state index is 0.366. The number of hydrogen-bond acceptors (Lipinski definition) is 6. The van der Waals surface area contributed by atoms with Crippen molar-refractivity contribution in [1.29, 1.82) is 0 Å². The van der Waals surface area contributed by atoms with Gasteiger partial charge in [0.2, 0.25) is 5.95 Å². The largest absolute Gasteiger partial charge is 0.367 e. The lowest BCUT2D eigenvalue weighted by molar-refractivity contribution is 0.636. The van der Waals surface area contributed by atoms with E-state index >= 15 is 0 Å². The van der Waals surface area contributed by atoms with Gasteiger partial charge in [-0.25, -0.2) is 0 Å². The summed E-state index contributed by atoms with van der Waals surface area (Å²) in [5, 5.41) is 15.8. The van der Waals surface area contributed by atoms with E-state index in [9.17, 15) is 0 Å². The molecule has 3 aromatic rings. The zero-order valence-electron chi connectivity index (χ0n) is 14.0. The van der Waals surface area contributed by atoms with Crippen LogP contribution in [0.4, 0.5) is 17.5 Å². The Morgan fingerprint density at radius 3 is 3.04 bits per heavy atom. The van der Waals surface area contributed by atoms with Crippen LogP contribution in [0.3, 0.4) is 0 Å². The summed E-state index contributed by atoms with van der Waals surface area (Å²) < 4.78 is 1.73. The molecule has 4 N–H and O–H groups in total. The fourth-order valence-corrected chi connectivity index (χ4v) is 3.36. The van der Waals surface area contributed by atoms with Crippen LogP contribution in [0.1, 0.15) is 19.3 Å². The third-order valence-electron chi connectivity index (χ3n) is 4.36. The number of aromatic amines is 1. The van der Waals surface area contributed by atoms with E-state index in [1.807, 2.05) is 13.2 Å². The van der Waals surface area contributed by atoms with E-state index in [1.54, 1.807) is 17.1 Å². The number of aromatic nitrogens is 5. The van der Waals surface area contributed by atoms with Gasteiger partial charge in [0.05, 0.1) is 22.3 Å². The van der Waals surface area contributed by atoms with Crippen molar-refractivity contribution < 1.29 is 0 Å². The average molecular weight is 361 g/mol. The normalized spacial score (nSPS) is 18.2. The Balaban J connectivity index is 1.66. The number of H-pyrrole nitrogens is 1. The second-order valence-electron chi connectivity index (χ2n) is 6.31. The van der Waals surface area contributed by atoms with Gasteiger partial charge in [-0.2, -0.15) is 15.1 Å². The van der Waals surface area contributed by atoms with Crippen LogP contribution in [-0.2, 0) is 7.05 Å². The summed E-state index contributed by atoms with van der Waals surface area (Å²) in [7, 11) is 1.87. The highest BCUT2D eigenvalue weighted by Gasteiger charge is 2.18. The number of hydrogen-bond donors (Lipinski definition) is 4. The van der Waals surface area contributed by atoms with Gasteiger partial charge in [0.25, 0.3) is 0 Å². The van der Waals surface area contributed by atoms with Crippen LogP contribution in [0.15, 0.2) is 18.6 Å². The predicted octanol–water partition coefficient (Wildman–Crippen LogP) is 2.64. The molecule has 0 bridgehead atoms. The number of nitrogens with one attached hydrogen (secondary N) is 4. The first-order valence-electron chi connectivity index (χ1n) is 8.46. The van der Waals surface area contributed by atoms with E-state index in [2.05, 4.69) is 36.0 Å². The maximum atomic E-state index is 6.35. The molecular formula is C16H21ClN8. The molecule has 8 nitrogen and oxygen atoms in total. The van der Waals surface area contributed by atoms with E-state index in [1.165, 1.54) is 0 Å². The van der Waals surface area contributed by atoms with E-state index < -0.39 is 0 Å². The van der Waals surface area contributed by atoms with Gasteiger partial charge in [0.15, 0.2) is 0 Å². The van der Waals surface area contributed by atoms with Crippen molar-refractivity contribution in [3.05, 3.63) is 23.6 Å². The summed E-state index contributed by atoms with van der Waals surface area (Å²) in [6.07, 6.45) is 8.66. The molecule has 1 aliphatic rings. The number of fused-ring (bicyclic) bond motifs is 1. The highest BCUT2D eigenvalue weighted by Crippen LogP contribution is 2.30. The second-order valence-corrected chi connectivity index (χ2v) is 6.71. The summed E-state index contributed by atoms with van der Waals surface area (Å²) in [5.74, 6) is 1.27. The summed E-state index contributed by atoms with van der Waals surface area (Å²) in [6, 6.07) is 0.366. The third kappa shape index (κ3) is 3.54. The quantitative estimate of drug-likeness (QED) is 0.571. The number of halogens is 1. The van der Waals surface area contributed by atoms with Gasteiger partial charge in [-0.05, 0) is 32.4 Å². The molecule has 1 atom stereocenters. The van der Waals surface area contributed by atoms with Gasteiger partial charge in [-0.1, -0.05) is 11.6 Å². The Hall–Kier alpha value is -2.32. The molecular weight excluding hydrogens is 340 g/mol. The summed E-state index contributed by atoms with van der Waals surface area (Å²) >= 11 is 6.35. The van der Waals surface area contributed by atoms with E-state index in [4.69, 9.17) is 11.6 Å². The number of aryl methyl sites for hydroxylation is 1. The van der Waals surface area contributed by atoms with Crippen molar-refractivity contribution in [3.63, 3.8) is 0 Å². The van der Waals surface area contributed by atoms with Crippen molar-refractivity contribution in [2.45, 2.75) is 25.3 Å². The topological polar surface area (TPSA) is 95.5 Å². The predicted molar refractivity (Wildman–Crippen MR) is 99.5 cm³/mol. The minimum Gasteiger partial charge on any atom is -0.367 e. The first kappa shape index (κ1) is 16.2. The average Bonchev–Trinajstić information content (AvgIpc) is 3.05. The fourth-order valence-electron chi connectivity index (χ4n) is 3.13. The van der Waals surface area contributed by atoms with Crippen molar-refractivity contribution >= 4 is 40.1 Å². The standard InChI is InChI=1S/C16H21ClN8/c1-25-9-11(7-20-25)22-16-23-14-13(12(17)8-19-14)15(24-16)21-10-3-2-5-18-6-4-10/h7-10,18H,2-6H2,1H3,(H3,19,21,22,23,24)/t10-/m1/s1. The van der Waals surface area contributed by atoms with Gasteiger partial charge < -0.3 is 20.9 Å². The molecule has 132 valence electrons. The van der Waals surface area contributed by atoms with Gasteiger partial charge in [-0.3, -0.25) is 4.68 Å². The smallest absolute Gasteiger partial charge is 0.231 e. The van der Waals surface area contributed by atoms with Crippen molar-refractivity contribution in [3.8, 4) is 0 Å². The maximum absolute atomic E-state index is 6.35. The fraction of sp³-hybridized carbons (Fsp3) is 0.438. The van der Waals surface area contributed by atoms with Gasteiger partial charge in [0.1, 0.15) is 11.5 Å². The van der Waals surface area contributed by atoms with Crippen LogP contribution in [0.2, 0.25) is 5.02 Å². The molecule has 0 aliphatic carbocycles. The summed E-state index contributed by atoms with van der Waals surface area (Å²) in [6.45, 7) is 2.07. The Kier molecular flexibility index (Phi) is 4.46. The monoisotopic (exact) mass is 360 g/mol. The number of nitrogens with zero attached hydrogens (tertiary/aromatic N) is 4. The number of rotatable bonds is 4. The Morgan fingerprint density at radius 2 is 2.20 bits per heavy atom. The van der Waals surface area contributed by atoms with Gasteiger partial charge >= 0.3 is 0 Å². The molecule has 1 fully saturated rings. The Morgan fingerprint density at radius 1 is 1.28 bits per heavy atom. The lowest BCUT2D eigenvalue weighted by Gasteiger charge is -2.18. The zero-order valence-corrected chi connectivity index (χ0v) is 14.8. The van der Waals surface area contributed by atoms with Crippen LogP contribution >= 0.6 is 11.6 Å². The molecule has 0 unspecified atom stereocenters. The summed E-state index contributed by atoms with van der Waals surface area (Å²) in [4.78, 5) is 12.3. The highest BCUT2D eigenvalue weighted by atomic mass is 35.5. The molecule has 0 saturated carbocycles. The Bertz CT molecular complexity index is 862. The lowest BCUT2D eigenvalue weighted by atomic mass is 10.1. The first-order chi connectivity index (χ1) is 12.2. The molecule has 0 aromatic carbocycles. The maximum Gasteiger partial charge on any atom is 0.231 e. The van der Waals surface area contributed by atoms with Crippen LogP contribution in [0.25, 0.3) is 11.0 Å². The zero-order chi connectivity index (χ0) is 17.2. The van der Waals surface area contributed by atoms with Crippen molar-refractivity contribution in [1.82, 2.24) is 30.0 Å². The van der Waals surface area contributed by atoms with E-state index in [0.717, 1.165) is 49.2 Å². The number of anilines is 3. The van der Waals surface area contributed by atoms with Crippen LogP contribution in [-0.4, -0.2) is 43.9 Å². The van der Waals surface area contributed by atoms with E-state index in [-0.39, 0.29) is 0 Å². The minimum atomic E-state index is 0.366. The molecule has 0 spiro atoms. The van der Waals surface area contributed by atoms with Crippen molar-refractivity contribution in [2.24, 2.45) is 7.05 Å². The molecule has 25 heavy (non-hydrogen) atoms. The first-order valence-corrected chi connectivity index (χ1v) is 8.84. The van der Waals surface area contributed by atoms with Gasteiger partial charge in [-0.15, -0.1) is 0 Å². The molecule has 1 aliphatic heterocycles. The van der Waals surface area contributed by atoms with Crippen LogP contribution in [0, 0.1) is 0 Å². The molecule has 1 saturated heterocycles. The van der Waals surface area contributed by atoms with Crippen molar-refractivity contribution in [2.75, 3.05) is 23.7 Å². The van der Waals surface area contributed by atoms with Crippen LogP contribution < -0.4 is 16.0 Å². The highest BCUT2D eigenvalue weighted by molar-refractivity contribution is 6.36. The second kappa shape index (κ2) is 6.89. The third-order valence-corrected chi connectivity index (χ3v) is 4.66. The molecule has 9 heteroatoms. The molecule has 4 rings (SSSR count). The lowest BCUT2D eigenvalue weighted by Crippen LogP contribution is -2.22. The molecule has 4 heterocycles. The molecule has 3 aromatic heterocycles. The summed E-state index contributed by atoms with van der Waals surface area (Å²) in [5.41, 5.74) is 1.55. The molecule has 0 radical (unpaired) electrons. The Labute approximate surface area is 150 Å². The van der Waals surface area contributed by atoms with E-state index in [0.29, 0.717) is 22.7 Å². The molecule has 0 amide bonds.